The van der Waals surface area contributed by atoms with E-state index in [9.17, 15) is 0 Å². The lowest BCUT2D eigenvalue weighted by atomic mass is 10.2. The van der Waals surface area contributed by atoms with Crippen molar-refractivity contribution >= 4 is 39.2 Å². The molecule has 100 valence electrons. The van der Waals surface area contributed by atoms with Crippen LogP contribution < -0.4 is 5.32 Å². The van der Waals surface area contributed by atoms with E-state index < -0.39 is 0 Å². The molecule has 0 bridgehead atoms. The van der Waals surface area contributed by atoms with Gasteiger partial charge in [-0.1, -0.05) is 24.4 Å². The summed E-state index contributed by atoms with van der Waals surface area (Å²) < 4.78 is 3.19. The van der Waals surface area contributed by atoms with Crippen molar-refractivity contribution in [3.63, 3.8) is 0 Å². The highest BCUT2D eigenvalue weighted by molar-refractivity contribution is 9.10. The van der Waals surface area contributed by atoms with E-state index in [1.165, 1.54) is 25.7 Å². The van der Waals surface area contributed by atoms with E-state index in [4.69, 9.17) is 11.6 Å². The quantitative estimate of drug-likeness (QED) is 0.836. The van der Waals surface area contributed by atoms with Gasteiger partial charge in [-0.05, 0) is 47.0 Å². The summed E-state index contributed by atoms with van der Waals surface area (Å²) in [6.07, 6.45) is 9.02. The van der Waals surface area contributed by atoms with Crippen LogP contribution in [0, 0.1) is 0 Å². The average molecular weight is 341 g/mol. The van der Waals surface area contributed by atoms with Crippen molar-refractivity contribution in [2.24, 2.45) is 0 Å². The highest BCUT2D eigenvalue weighted by Crippen LogP contribution is 2.33. The van der Waals surface area contributed by atoms with E-state index >= 15 is 0 Å². The molecule has 3 rings (SSSR count). The first kappa shape index (κ1) is 13.0. The summed E-state index contributed by atoms with van der Waals surface area (Å²) in [6, 6.07) is 6.29. The van der Waals surface area contributed by atoms with E-state index in [-0.39, 0.29) is 0 Å². The molecular weight excluding hydrogens is 326 g/mol. The maximum absolute atomic E-state index is 5.96. The molecule has 0 spiro atoms. The molecule has 0 radical (unpaired) electrons. The Bertz CT molecular complexity index is 576. The number of anilines is 2. The second-order valence-electron chi connectivity index (χ2n) is 4.85. The van der Waals surface area contributed by atoms with Crippen molar-refractivity contribution in [1.29, 1.82) is 0 Å². The normalized spacial score (nSPS) is 15.9. The van der Waals surface area contributed by atoms with E-state index in [0.717, 1.165) is 21.1 Å². The zero-order valence-electron chi connectivity index (χ0n) is 10.4. The Morgan fingerprint density at radius 2 is 2.11 bits per heavy atom. The highest BCUT2D eigenvalue weighted by atomic mass is 79.9. The summed E-state index contributed by atoms with van der Waals surface area (Å²) in [5, 5.41) is 4.09. The number of benzene rings is 1. The fraction of sp³-hybridized carbons (Fsp3) is 0.357. The molecule has 5 heteroatoms. The van der Waals surface area contributed by atoms with E-state index in [0.29, 0.717) is 6.04 Å². The Morgan fingerprint density at radius 3 is 2.84 bits per heavy atom. The molecular formula is C14H15BrClN3. The van der Waals surface area contributed by atoms with E-state index in [1.54, 1.807) is 0 Å². The molecule has 1 aliphatic rings. The van der Waals surface area contributed by atoms with Gasteiger partial charge in [-0.25, -0.2) is 4.98 Å². The third kappa shape index (κ3) is 2.79. The number of nitrogens with zero attached hydrogens (tertiary/aromatic N) is 2. The van der Waals surface area contributed by atoms with Crippen LogP contribution in [-0.4, -0.2) is 9.55 Å². The second kappa shape index (κ2) is 5.55. The van der Waals surface area contributed by atoms with Gasteiger partial charge in [-0.2, -0.15) is 0 Å². The summed E-state index contributed by atoms with van der Waals surface area (Å²) in [6.45, 7) is 0. The van der Waals surface area contributed by atoms with Crippen LogP contribution in [0.15, 0.2) is 35.1 Å². The molecule has 1 saturated carbocycles. The molecule has 0 atom stereocenters. The molecule has 0 saturated heterocycles. The number of aromatic nitrogens is 2. The number of halogens is 2. The maximum atomic E-state index is 5.96. The molecule has 1 N–H and O–H groups in total. The number of nitrogens with one attached hydrogen (secondary N) is 1. The number of hydrogen-bond donors (Lipinski definition) is 1. The number of rotatable bonds is 3. The molecule has 2 aromatic rings. The summed E-state index contributed by atoms with van der Waals surface area (Å²) in [7, 11) is 0. The first-order chi connectivity index (χ1) is 9.24. The summed E-state index contributed by atoms with van der Waals surface area (Å²) in [5.74, 6) is 0.898. The van der Waals surface area contributed by atoms with Gasteiger partial charge < -0.3 is 9.88 Å². The van der Waals surface area contributed by atoms with Gasteiger partial charge in [0.2, 0.25) is 5.95 Å². The molecule has 1 fully saturated rings. The van der Waals surface area contributed by atoms with Crippen LogP contribution >= 0.6 is 27.5 Å². The molecule has 19 heavy (non-hydrogen) atoms. The van der Waals surface area contributed by atoms with Gasteiger partial charge in [0.15, 0.2) is 0 Å². The van der Waals surface area contributed by atoms with Gasteiger partial charge in [-0.15, -0.1) is 0 Å². The molecule has 1 aromatic heterocycles. The SMILES string of the molecule is Clc1ccc(Nc2nccn2C2CCCC2)c(Br)c1. The minimum Gasteiger partial charge on any atom is -0.325 e. The predicted octanol–water partition coefficient (Wildman–Crippen LogP) is 5.16. The third-order valence-electron chi connectivity index (χ3n) is 3.56. The molecule has 0 aliphatic heterocycles. The van der Waals surface area contributed by atoms with Crippen molar-refractivity contribution < 1.29 is 0 Å². The highest BCUT2D eigenvalue weighted by Gasteiger charge is 2.19. The molecule has 1 heterocycles. The van der Waals surface area contributed by atoms with E-state index in [2.05, 4.69) is 37.0 Å². The summed E-state index contributed by atoms with van der Waals surface area (Å²) in [5.41, 5.74) is 0.981. The minimum atomic E-state index is 0.580. The van der Waals surface area contributed by atoms with Gasteiger partial charge in [0, 0.05) is 27.9 Å². The summed E-state index contributed by atoms with van der Waals surface area (Å²) in [4.78, 5) is 4.42. The molecule has 1 aromatic carbocycles. The monoisotopic (exact) mass is 339 g/mol. The smallest absolute Gasteiger partial charge is 0.207 e. The summed E-state index contributed by atoms with van der Waals surface area (Å²) >= 11 is 9.47. The van der Waals surface area contributed by atoms with Gasteiger partial charge in [0.1, 0.15) is 0 Å². The van der Waals surface area contributed by atoms with Crippen LogP contribution in [0.25, 0.3) is 0 Å². The standard InChI is InChI=1S/C14H15BrClN3/c15-12-9-10(16)5-6-13(12)18-14-17-7-8-19(14)11-3-1-2-4-11/h5-9,11H,1-4H2,(H,17,18). The van der Waals surface area contributed by atoms with Crippen molar-refractivity contribution in [3.8, 4) is 0 Å². The molecule has 3 nitrogen and oxygen atoms in total. The lowest BCUT2D eigenvalue weighted by Gasteiger charge is -2.16. The topological polar surface area (TPSA) is 29.9 Å². The van der Waals surface area contributed by atoms with Gasteiger partial charge in [-0.3, -0.25) is 0 Å². The van der Waals surface area contributed by atoms with Gasteiger partial charge >= 0.3 is 0 Å². The number of hydrogen-bond acceptors (Lipinski definition) is 2. The van der Waals surface area contributed by atoms with Crippen molar-refractivity contribution in [1.82, 2.24) is 9.55 Å². The van der Waals surface area contributed by atoms with Crippen molar-refractivity contribution in [2.75, 3.05) is 5.32 Å². The van der Waals surface area contributed by atoms with E-state index in [1.807, 2.05) is 24.4 Å². The van der Waals surface area contributed by atoms with Crippen molar-refractivity contribution in [2.45, 2.75) is 31.7 Å². The zero-order valence-corrected chi connectivity index (χ0v) is 12.8. The van der Waals surface area contributed by atoms with Crippen molar-refractivity contribution in [3.05, 3.63) is 40.1 Å². The Morgan fingerprint density at radius 1 is 1.32 bits per heavy atom. The van der Waals surface area contributed by atoms with Crippen LogP contribution in [0.2, 0.25) is 5.02 Å². The molecule has 0 unspecified atom stereocenters. The van der Waals surface area contributed by atoms with Gasteiger partial charge in [0.25, 0.3) is 0 Å². The van der Waals surface area contributed by atoms with Crippen LogP contribution in [0.3, 0.4) is 0 Å². The van der Waals surface area contributed by atoms with Crippen LogP contribution in [-0.2, 0) is 0 Å². The Labute approximate surface area is 126 Å². The predicted molar refractivity (Wildman–Crippen MR) is 82.2 cm³/mol. The van der Waals surface area contributed by atoms with Crippen LogP contribution in [0.5, 0.6) is 0 Å². The first-order valence-electron chi connectivity index (χ1n) is 6.49. The average Bonchev–Trinajstić information content (AvgIpc) is 3.03. The lowest BCUT2D eigenvalue weighted by Crippen LogP contribution is -2.08. The Kier molecular flexibility index (Phi) is 3.80. The van der Waals surface area contributed by atoms with Crippen LogP contribution in [0.4, 0.5) is 11.6 Å². The lowest BCUT2D eigenvalue weighted by molar-refractivity contribution is 0.525. The number of imidazole rings is 1. The largest absolute Gasteiger partial charge is 0.325 e. The fourth-order valence-electron chi connectivity index (χ4n) is 2.60. The third-order valence-corrected chi connectivity index (χ3v) is 4.46. The maximum Gasteiger partial charge on any atom is 0.207 e. The first-order valence-corrected chi connectivity index (χ1v) is 7.66. The van der Waals surface area contributed by atoms with Gasteiger partial charge in [0.05, 0.1) is 5.69 Å². The zero-order chi connectivity index (χ0) is 13.2. The minimum absolute atomic E-state index is 0.580. The second-order valence-corrected chi connectivity index (χ2v) is 6.14. The van der Waals surface area contributed by atoms with Crippen LogP contribution in [0.1, 0.15) is 31.7 Å². The Balaban J connectivity index is 1.85. The molecule has 0 amide bonds. The Hall–Kier alpha value is -1.00. The molecule has 1 aliphatic carbocycles. The fourth-order valence-corrected chi connectivity index (χ4v) is 3.38.